The lowest BCUT2D eigenvalue weighted by Crippen LogP contribution is -2.28. The molecule has 3 amide bonds. The van der Waals surface area contributed by atoms with Crippen molar-refractivity contribution in [2.24, 2.45) is 5.92 Å². The Morgan fingerprint density at radius 2 is 1.93 bits per heavy atom. The number of carbonyl (C=O) groups excluding carboxylic acids is 3. The van der Waals surface area contributed by atoms with E-state index in [4.69, 9.17) is 0 Å². The van der Waals surface area contributed by atoms with Gasteiger partial charge in [-0.25, -0.2) is 4.39 Å². The fourth-order valence-electron chi connectivity index (χ4n) is 3.09. The summed E-state index contributed by atoms with van der Waals surface area (Å²) in [5, 5.41) is 5.44. The summed E-state index contributed by atoms with van der Waals surface area (Å²) in [4.78, 5) is 37.7. The molecule has 1 saturated heterocycles. The molecule has 1 aliphatic heterocycles. The average Bonchev–Trinajstić information content (AvgIpc) is 2.99. The third-order valence-corrected chi connectivity index (χ3v) is 4.42. The molecular weight excluding hydrogens is 349 g/mol. The van der Waals surface area contributed by atoms with Gasteiger partial charge in [0, 0.05) is 37.0 Å². The summed E-state index contributed by atoms with van der Waals surface area (Å²) < 4.78 is 13.2. The van der Waals surface area contributed by atoms with Crippen LogP contribution in [0.15, 0.2) is 42.5 Å². The van der Waals surface area contributed by atoms with E-state index in [0.29, 0.717) is 22.6 Å². The number of carbonyl (C=O) groups is 3. The highest BCUT2D eigenvalue weighted by molar-refractivity contribution is 6.04. The Morgan fingerprint density at radius 1 is 1.15 bits per heavy atom. The van der Waals surface area contributed by atoms with Gasteiger partial charge in [0.25, 0.3) is 0 Å². The monoisotopic (exact) mass is 369 g/mol. The molecule has 0 saturated carbocycles. The second-order valence-electron chi connectivity index (χ2n) is 6.59. The minimum atomic E-state index is -0.508. The second-order valence-corrected chi connectivity index (χ2v) is 6.59. The molecule has 2 N–H and O–H groups in total. The van der Waals surface area contributed by atoms with Gasteiger partial charge in [-0.1, -0.05) is 6.07 Å². The van der Waals surface area contributed by atoms with Crippen molar-refractivity contribution in [1.82, 2.24) is 0 Å². The van der Waals surface area contributed by atoms with Gasteiger partial charge in [-0.15, -0.1) is 0 Å². The van der Waals surface area contributed by atoms with Gasteiger partial charge in [-0.05, 0) is 48.9 Å². The Morgan fingerprint density at radius 3 is 2.63 bits per heavy atom. The maximum Gasteiger partial charge on any atom is 0.229 e. The maximum atomic E-state index is 13.2. The Bertz CT molecular complexity index is 913. The van der Waals surface area contributed by atoms with Crippen LogP contribution in [0.3, 0.4) is 0 Å². The Hall–Kier alpha value is -3.22. The first-order chi connectivity index (χ1) is 12.8. The fourth-order valence-corrected chi connectivity index (χ4v) is 3.09. The zero-order chi connectivity index (χ0) is 19.6. The normalized spacial score (nSPS) is 16.3. The number of amides is 3. The molecule has 1 fully saturated rings. The molecule has 0 aromatic heterocycles. The third-order valence-electron chi connectivity index (χ3n) is 4.42. The number of rotatable bonds is 4. The zero-order valence-electron chi connectivity index (χ0n) is 15.1. The SMILES string of the molecule is CC(=O)Nc1cccc(N2C[C@H](C(=O)Nc3ccc(F)cc3C)CC2=O)c1. The maximum absolute atomic E-state index is 13.2. The lowest BCUT2D eigenvalue weighted by molar-refractivity contribution is -0.122. The summed E-state index contributed by atoms with van der Waals surface area (Å²) in [7, 11) is 0. The topological polar surface area (TPSA) is 78.5 Å². The molecule has 0 aliphatic carbocycles. The number of nitrogens with one attached hydrogen (secondary N) is 2. The molecule has 1 aliphatic rings. The van der Waals surface area contributed by atoms with E-state index in [9.17, 15) is 18.8 Å². The highest BCUT2D eigenvalue weighted by Crippen LogP contribution is 2.28. The number of benzene rings is 2. The molecule has 7 heteroatoms. The van der Waals surface area contributed by atoms with Gasteiger partial charge in [0.1, 0.15) is 5.82 Å². The second kappa shape index (κ2) is 7.57. The molecule has 2 aromatic rings. The van der Waals surface area contributed by atoms with Crippen molar-refractivity contribution in [2.45, 2.75) is 20.3 Å². The third kappa shape index (κ3) is 4.31. The summed E-state index contributed by atoms with van der Waals surface area (Å²) in [6, 6.07) is 11.1. The molecule has 0 radical (unpaired) electrons. The highest BCUT2D eigenvalue weighted by Gasteiger charge is 2.35. The Balaban J connectivity index is 1.71. The number of halogens is 1. The van der Waals surface area contributed by atoms with Crippen molar-refractivity contribution >= 4 is 34.8 Å². The highest BCUT2D eigenvalue weighted by atomic mass is 19.1. The quantitative estimate of drug-likeness (QED) is 0.869. The van der Waals surface area contributed by atoms with Gasteiger partial charge in [-0.2, -0.15) is 0 Å². The minimum Gasteiger partial charge on any atom is -0.326 e. The van der Waals surface area contributed by atoms with Gasteiger partial charge in [0.05, 0.1) is 5.92 Å². The van der Waals surface area contributed by atoms with Crippen molar-refractivity contribution in [1.29, 1.82) is 0 Å². The van der Waals surface area contributed by atoms with Crippen molar-refractivity contribution in [3.8, 4) is 0 Å². The average molecular weight is 369 g/mol. The van der Waals surface area contributed by atoms with Crippen LogP contribution in [0.1, 0.15) is 18.9 Å². The Kier molecular flexibility index (Phi) is 5.21. The summed E-state index contributed by atoms with van der Waals surface area (Å²) >= 11 is 0. The standard InChI is InChI=1S/C20H20FN3O3/c1-12-8-15(21)6-7-18(12)23-20(27)14-9-19(26)24(11-14)17-5-3-4-16(10-17)22-13(2)25/h3-8,10,14H,9,11H2,1-2H3,(H,22,25)(H,23,27)/t14-/m1/s1. The molecule has 0 bridgehead atoms. The molecule has 0 unspecified atom stereocenters. The van der Waals surface area contributed by atoms with E-state index >= 15 is 0 Å². The van der Waals surface area contributed by atoms with Crippen molar-refractivity contribution in [3.05, 3.63) is 53.8 Å². The summed E-state index contributed by atoms with van der Waals surface area (Å²) in [5.74, 6) is -1.52. The van der Waals surface area contributed by atoms with Gasteiger partial charge in [-0.3, -0.25) is 14.4 Å². The molecule has 2 aromatic carbocycles. The van der Waals surface area contributed by atoms with E-state index in [1.54, 1.807) is 31.2 Å². The van der Waals surface area contributed by atoms with Gasteiger partial charge in [0.15, 0.2) is 0 Å². The molecule has 1 heterocycles. The first-order valence-corrected chi connectivity index (χ1v) is 8.58. The van der Waals surface area contributed by atoms with E-state index in [2.05, 4.69) is 10.6 Å². The summed E-state index contributed by atoms with van der Waals surface area (Å²) in [6.07, 6.45) is 0.0937. The van der Waals surface area contributed by atoms with Gasteiger partial charge in [0.2, 0.25) is 17.7 Å². The number of hydrogen-bond donors (Lipinski definition) is 2. The van der Waals surface area contributed by atoms with Gasteiger partial charge >= 0.3 is 0 Å². The van der Waals surface area contributed by atoms with Crippen LogP contribution in [-0.2, 0) is 14.4 Å². The minimum absolute atomic E-state index is 0.0937. The summed E-state index contributed by atoms with van der Waals surface area (Å²) in [6.45, 7) is 3.36. The molecule has 0 spiro atoms. The molecule has 27 heavy (non-hydrogen) atoms. The molecule has 140 valence electrons. The van der Waals surface area contributed by atoms with Gasteiger partial charge < -0.3 is 15.5 Å². The number of anilines is 3. The number of aryl methyl sites for hydroxylation is 1. The zero-order valence-corrected chi connectivity index (χ0v) is 15.1. The van der Waals surface area contributed by atoms with Crippen LogP contribution in [0.4, 0.5) is 21.5 Å². The van der Waals surface area contributed by atoms with Crippen LogP contribution < -0.4 is 15.5 Å². The molecule has 3 rings (SSSR count). The van der Waals surface area contributed by atoms with E-state index in [1.807, 2.05) is 0 Å². The van der Waals surface area contributed by atoms with Crippen LogP contribution in [0, 0.1) is 18.7 Å². The predicted octanol–water partition coefficient (Wildman–Crippen LogP) is 3.08. The Labute approximate surface area is 156 Å². The van der Waals surface area contributed by atoms with E-state index < -0.39 is 5.92 Å². The van der Waals surface area contributed by atoms with Crippen molar-refractivity contribution in [3.63, 3.8) is 0 Å². The molecule has 6 nitrogen and oxygen atoms in total. The van der Waals surface area contributed by atoms with Crippen LogP contribution in [-0.4, -0.2) is 24.3 Å². The van der Waals surface area contributed by atoms with Crippen molar-refractivity contribution in [2.75, 3.05) is 22.1 Å². The van der Waals surface area contributed by atoms with E-state index in [0.717, 1.165) is 0 Å². The molecular formula is C20H20FN3O3. The smallest absolute Gasteiger partial charge is 0.229 e. The van der Waals surface area contributed by atoms with Crippen LogP contribution in [0.5, 0.6) is 0 Å². The molecule has 1 atom stereocenters. The largest absolute Gasteiger partial charge is 0.326 e. The fraction of sp³-hybridized carbons (Fsp3) is 0.250. The first kappa shape index (κ1) is 18.6. The summed E-state index contributed by atoms with van der Waals surface area (Å²) in [5.41, 5.74) is 2.36. The lowest BCUT2D eigenvalue weighted by Gasteiger charge is -2.18. The van der Waals surface area contributed by atoms with Crippen molar-refractivity contribution < 1.29 is 18.8 Å². The lowest BCUT2D eigenvalue weighted by atomic mass is 10.1. The van der Waals surface area contributed by atoms with Crippen LogP contribution >= 0.6 is 0 Å². The number of nitrogens with zero attached hydrogens (tertiary/aromatic N) is 1. The first-order valence-electron chi connectivity index (χ1n) is 8.58. The number of hydrogen-bond acceptors (Lipinski definition) is 3. The van der Waals surface area contributed by atoms with E-state index in [-0.39, 0.29) is 36.5 Å². The van der Waals surface area contributed by atoms with Crippen LogP contribution in [0.25, 0.3) is 0 Å². The van der Waals surface area contributed by atoms with Crippen LogP contribution in [0.2, 0.25) is 0 Å². The van der Waals surface area contributed by atoms with E-state index in [1.165, 1.54) is 30.0 Å². The predicted molar refractivity (Wildman–Crippen MR) is 101 cm³/mol.